The summed E-state index contributed by atoms with van der Waals surface area (Å²) < 4.78 is 25.0. The molecule has 0 spiro atoms. The lowest BCUT2D eigenvalue weighted by molar-refractivity contribution is -0.142. The van der Waals surface area contributed by atoms with Crippen LogP contribution >= 0.6 is 11.3 Å². The highest BCUT2D eigenvalue weighted by atomic mass is 32.1. The number of rotatable bonds is 10. The summed E-state index contributed by atoms with van der Waals surface area (Å²) in [5, 5.41) is 17.1. The van der Waals surface area contributed by atoms with Crippen LogP contribution in [-0.4, -0.2) is 56.2 Å². The van der Waals surface area contributed by atoms with E-state index in [1.165, 1.54) is 45.3 Å². The minimum Gasteiger partial charge on any atom is -0.458 e. The number of furan rings is 1. The SMILES string of the molecule is Cc1ccc(-c2nnn(CC(=O)N(Cc3cccs3)[C@@H](C(=O)NC[C@@H]3CCCO3)c3ccc(F)cc3)n2)o1. The number of aryl methyl sites for hydroxylation is 1. The lowest BCUT2D eigenvalue weighted by Gasteiger charge is -2.31. The fraction of sp³-hybridized carbons (Fsp3) is 0.346. The first-order chi connectivity index (χ1) is 18.5. The Kier molecular flexibility index (Phi) is 7.89. The molecule has 0 aliphatic carbocycles. The van der Waals surface area contributed by atoms with Crippen LogP contribution in [0.5, 0.6) is 0 Å². The van der Waals surface area contributed by atoms with Crippen LogP contribution in [-0.2, 0) is 27.4 Å². The summed E-state index contributed by atoms with van der Waals surface area (Å²) in [6.45, 7) is 2.71. The van der Waals surface area contributed by atoms with Gasteiger partial charge in [-0.2, -0.15) is 4.80 Å². The van der Waals surface area contributed by atoms with Crippen molar-refractivity contribution in [1.82, 2.24) is 30.4 Å². The van der Waals surface area contributed by atoms with Crippen LogP contribution in [0, 0.1) is 12.7 Å². The van der Waals surface area contributed by atoms with E-state index in [4.69, 9.17) is 9.15 Å². The fourth-order valence-electron chi connectivity index (χ4n) is 4.30. The normalized spacial score (nSPS) is 15.9. The van der Waals surface area contributed by atoms with E-state index < -0.39 is 17.8 Å². The molecule has 0 radical (unpaired) electrons. The molecule has 1 saturated heterocycles. The summed E-state index contributed by atoms with van der Waals surface area (Å²) in [5.41, 5.74) is 0.486. The molecule has 3 aromatic heterocycles. The topological polar surface area (TPSA) is 115 Å². The number of hydrogen-bond acceptors (Lipinski definition) is 8. The third-order valence-corrected chi connectivity index (χ3v) is 7.05. The number of thiophene rings is 1. The Hall–Kier alpha value is -3.90. The summed E-state index contributed by atoms with van der Waals surface area (Å²) >= 11 is 1.47. The summed E-state index contributed by atoms with van der Waals surface area (Å²) in [5.74, 6) is 0.172. The molecule has 38 heavy (non-hydrogen) atoms. The average molecular weight is 539 g/mol. The van der Waals surface area contributed by atoms with Gasteiger partial charge in [-0.05, 0) is 66.3 Å². The van der Waals surface area contributed by atoms with Gasteiger partial charge in [0.2, 0.25) is 17.6 Å². The smallest absolute Gasteiger partial charge is 0.247 e. The van der Waals surface area contributed by atoms with Crippen LogP contribution in [0.2, 0.25) is 0 Å². The molecular formula is C26H27FN6O4S. The van der Waals surface area contributed by atoms with Crippen molar-refractivity contribution < 1.29 is 23.1 Å². The van der Waals surface area contributed by atoms with Crippen LogP contribution < -0.4 is 5.32 Å². The number of aromatic nitrogens is 4. The van der Waals surface area contributed by atoms with Gasteiger partial charge in [-0.3, -0.25) is 9.59 Å². The van der Waals surface area contributed by atoms with Crippen molar-refractivity contribution in [2.75, 3.05) is 13.2 Å². The lowest BCUT2D eigenvalue weighted by atomic mass is 10.0. The molecule has 2 amide bonds. The largest absolute Gasteiger partial charge is 0.458 e. The van der Waals surface area contributed by atoms with Crippen molar-refractivity contribution in [3.05, 3.63) is 75.9 Å². The molecule has 10 nitrogen and oxygen atoms in total. The van der Waals surface area contributed by atoms with Crippen molar-refractivity contribution >= 4 is 23.2 Å². The third kappa shape index (κ3) is 6.14. The molecule has 4 heterocycles. The lowest BCUT2D eigenvalue weighted by Crippen LogP contribution is -2.46. The minimum atomic E-state index is -1.01. The zero-order chi connectivity index (χ0) is 26.5. The molecule has 4 aromatic rings. The first-order valence-electron chi connectivity index (χ1n) is 12.3. The predicted molar refractivity (Wildman–Crippen MR) is 136 cm³/mol. The molecule has 1 aromatic carbocycles. The maximum atomic E-state index is 13.8. The second-order valence-electron chi connectivity index (χ2n) is 8.99. The summed E-state index contributed by atoms with van der Waals surface area (Å²) in [6, 6.07) is 11.9. The van der Waals surface area contributed by atoms with Gasteiger partial charge in [-0.25, -0.2) is 4.39 Å². The molecule has 1 aliphatic rings. The molecule has 1 N–H and O–H groups in total. The van der Waals surface area contributed by atoms with Gasteiger partial charge in [-0.1, -0.05) is 18.2 Å². The molecule has 1 aliphatic heterocycles. The highest BCUT2D eigenvalue weighted by molar-refractivity contribution is 7.09. The first kappa shape index (κ1) is 25.7. The molecule has 12 heteroatoms. The van der Waals surface area contributed by atoms with Crippen molar-refractivity contribution in [3.8, 4) is 11.6 Å². The second kappa shape index (κ2) is 11.7. The number of hydrogen-bond donors (Lipinski definition) is 1. The van der Waals surface area contributed by atoms with Crippen LogP contribution in [0.15, 0.2) is 58.3 Å². The molecule has 0 bridgehead atoms. The Bertz CT molecular complexity index is 1360. The van der Waals surface area contributed by atoms with E-state index in [0.717, 1.165) is 17.7 Å². The zero-order valence-corrected chi connectivity index (χ0v) is 21.6. The number of benzene rings is 1. The van der Waals surface area contributed by atoms with Crippen LogP contribution in [0.1, 0.15) is 35.1 Å². The standard InChI is InChI=1S/C26H27FN6O4S/c1-17-6-11-22(37-17)25-29-31-33(30-25)16-23(34)32(15-21-5-3-13-38-21)24(18-7-9-19(27)10-8-18)26(35)28-14-20-4-2-12-36-20/h3,5-11,13,20,24H,2,4,12,14-16H2,1H3,(H,28,35)/t20-,24+/m0/s1. The minimum absolute atomic E-state index is 0.0720. The van der Waals surface area contributed by atoms with Crippen molar-refractivity contribution in [1.29, 1.82) is 0 Å². The van der Waals surface area contributed by atoms with Gasteiger partial charge in [0.25, 0.3) is 0 Å². The third-order valence-electron chi connectivity index (χ3n) is 6.19. The van der Waals surface area contributed by atoms with Crippen LogP contribution in [0.3, 0.4) is 0 Å². The maximum Gasteiger partial charge on any atom is 0.247 e. The fourth-order valence-corrected chi connectivity index (χ4v) is 5.01. The number of nitrogens with one attached hydrogen (secondary N) is 1. The first-order valence-corrected chi connectivity index (χ1v) is 13.2. The van der Waals surface area contributed by atoms with Crippen molar-refractivity contribution in [2.45, 2.75) is 45.0 Å². The molecule has 0 unspecified atom stereocenters. The van der Waals surface area contributed by atoms with E-state index in [-0.39, 0.29) is 30.9 Å². The molecule has 0 saturated carbocycles. The predicted octanol–water partition coefficient (Wildman–Crippen LogP) is 3.51. The second-order valence-corrected chi connectivity index (χ2v) is 10.0. The average Bonchev–Trinajstić information content (AvgIpc) is 3.72. The molecule has 5 rings (SSSR count). The molecule has 1 fully saturated rings. The van der Waals surface area contributed by atoms with E-state index in [1.807, 2.05) is 17.5 Å². The van der Waals surface area contributed by atoms with Gasteiger partial charge in [0.1, 0.15) is 24.2 Å². The van der Waals surface area contributed by atoms with Gasteiger partial charge in [-0.15, -0.1) is 21.5 Å². The summed E-state index contributed by atoms with van der Waals surface area (Å²) in [7, 11) is 0. The van der Waals surface area contributed by atoms with Crippen LogP contribution in [0.25, 0.3) is 11.6 Å². The van der Waals surface area contributed by atoms with E-state index in [1.54, 1.807) is 19.1 Å². The summed E-state index contributed by atoms with van der Waals surface area (Å²) in [6.07, 6.45) is 1.72. The van der Waals surface area contributed by atoms with E-state index in [9.17, 15) is 14.0 Å². The Morgan fingerprint density at radius 1 is 1.24 bits per heavy atom. The number of carbonyl (C=O) groups is 2. The van der Waals surface area contributed by atoms with E-state index >= 15 is 0 Å². The highest BCUT2D eigenvalue weighted by Crippen LogP contribution is 2.26. The van der Waals surface area contributed by atoms with Crippen molar-refractivity contribution in [2.24, 2.45) is 0 Å². The number of halogens is 1. The van der Waals surface area contributed by atoms with E-state index in [0.29, 0.717) is 30.2 Å². The Morgan fingerprint density at radius 2 is 2.08 bits per heavy atom. The number of nitrogens with zero attached hydrogens (tertiary/aromatic N) is 5. The van der Waals surface area contributed by atoms with Gasteiger partial charge in [0, 0.05) is 18.0 Å². The molecule has 2 atom stereocenters. The van der Waals surface area contributed by atoms with E-state index in [2.05, 4.69) is 20.7 Å². The number of amides is 2. The Morgan fingerprint density at radius 3 is 2.76 bits per heavy atom. The number of carbonyl (C=O) groups excluding carboxylic acids is 2. The van der Waals surface area contributed by atoms with Gasteiger partial charge >= 0.3 is 0 Å². The quantitative estimate of drug-likeness (QED) is 0.329. The van der Waals surface area contributed by atoms with Gasteiger partial charge < -0.3 is 19.4 Å². The molecule has 198 valence electrons. The van der Waals surface area contributed by atoms with Gasteiger partial charge in [0.05, 0.1) is 12.6 Å². The Labute approximate surface area is 222 Å². The zero-order valence-electron chi connectivity index (χ0n) is 20.7. The van der Waals surface area contributed by atoms with Crippen molar-refractivity contribution in [3.63, 3.8) is 0 Å². The van der Waals surface area contributed by atoms with Gasteiger partial charge in [0.15, 0.2) is 5.76 Å². The molecular weight excluding hydrogens is 511 g/mol. The Balaban J connectivity index is 1.42. The number of tetrazole rings is 1. The summed E-state index contributed by atoms with van der Waals surface area (Å²) in [4.78, 5) is 30.8. The number of ether oxygens (including phenoxy) is 1. The highest BCUT2D eigenvalue weighted by Gasteiger charge is 2.33. The maximum absolute atomic E-state index is 13.8. The van der Waals surface area contributed by atoms with Crippen LogP contribution in [0.4, 0.5) is 4.39 Å². The monoisotopic (exact) mass is 538 g/mol.